The van der Waals surface area contributed by atoms with Crippen molar-refractivity contribution in [2.75, 3.05) is 4.90 Å². The Morgan fingerprint density at radius 1 is 0.296 bits per heavy atom. The molecule has 0 bridgehead atoms. The lowest BCUT2D eigenvalue weighted by molar-refractivity contribution is 1.29. The second-order valence-corrected chi connectivity index (χ2v) is 14.8. The Morgan fingerprint density at radius 2 is 0.796 bits per heavy atom. The van der Waals surface area contributed by atoms with E-state index in [9.17, 15) is 0 Å². The number of fused-ring (bicyclic) bond motifs is 4. The fourth-order valence-corrected chi connectivity index (χ4v) is 8.93. The summed E-state index contributed by atoms with van der Waals surface area (Å²) in [6.45, 7) is 0. The summed E-state index contributed by atoms with van der Waals surface area (Å²) < 4.78 is 2.58. The molecule has 0 radical (unpaired) electrons. The number of thiophene rings is 1. The van der Waals surface area contributed by atoms with Crippen LogP contribution in [0.4, 0.5) is 17.1 Å². The fourth-order valence-electron chi connectivity index (χ4n) is 7.80. The molecular weight excluding hydrogens is 671 g/mol. The molecule has 0 atom stereocenters. The lowest BCUT2D eigenvalue weighted by Crippen LogP contribution is -2.11. The number of anilines is 3. The Labute approximate surface area is 319 Å². The van der Waals surface area contributed by atoms with Crippen LogP contribution in [0.15, 0.2) is 212 Å². The largest absolute Gasteiger partial charge is 0.310 e. The molecule has 0 saturated carbocycles. The summed E-state index contributed by atoms with van der Waals surface area (Å²) >= 11 is 1.86. The highest BCUT2D eigenvalue weighted by atomic mass is 32.1. The van der Waals surface area contributed by atoms with Gasteiger partial charge in [-0.1, -0.05) is 164 Å². The van der Waals surface area contributed by atoms with Gasteiger partial charge in [0.15, 0.2) is 0 Å². The molecule has 0 saturated heterocycles. The second kappa shape index (κ2) is 13.7. The van der Waals surface area contributed by atoms with Gasteiger partial charge in [-0.2, -0.15) is 0 Å². The molecule has 1 nitrogen and oxygen atoms in total. The van der Waals surface area contributed by atoms with Crippen LogP contribution >= 0.6 is 11.3 Å². The molecule has 54 heavy (non-hydrogen) atoms. The van der Waals surface area contributed by atoms with Crippen molar-refractivity contribution in [1.29, 1.82) is 0 Å². The van der Waals surface area contributed by atoms with E-state index in [-0.39, 0.29) is 0 Å². The molecule has 9 aromatic carbocycles. The van der Waals surface area contributed by atoms with Crippen LogP contribution < -0.4 is 4.90 Å². The quantitative estimate of drug-likeness (QED) is 0.160. The van der Waals surface area contributed by atoms with E-state index >= 15 is 0 Å². The number of rotatable bonds is 7. The molecular formula is C52H35NS. The highest BCUT2D eigenvalue weighted by Crippen LogP contribution is 2.46. The topological polar surface area (TPSA) is 3.24 Å². The minimum Gasteiger partial charge on any atom is -0.310 e. The molecule has 0 amide bonds. The predicted molar refractivity (Wildman–Crippen MR) is 233 cm³/mol. The summed E-state index contributed by atoms with van der Waals surface area (Å²) in [6, 6.07) is 77.3. The minimum atomic E-state index is 1.10. The highest BCUT2D eigenvalue weighted by molar-refractivity contribution is 7.25. The average Bonchev–Trinajstić information content (AvgIpc) is 3.62. The summed E-state index contributed by atoms with van der Waals surface area (Å²) in [4.78, 5) is 2.45. The maximum atomic E-state index is 2.45. The van der Waals surface area contributed by atoms with Gasteiger partial charge in [0.2, 0.25) is 0 Å². The van der Waals surface area contributed by atoms with Crippen molar-refractivity contribution in [2.24, 2.45) is 0 Å². The molecule has 254 valence electrons. The van der Waals surface area contributed by atoms with Crippen LogP contribution in [-0.4, -0.2) is 0 Å². The van der Waals surface area contributed by atoms with E-state index in [1.54, 1.807) is 0 Å². The van der Waals surface area contributed by atoms with Gasteiger partial charge < -0.3 is 4.90 Å². The molecule has 10 aromatic rings. The zero-order chi connectivity index (χ0) is 35.8. The SMILES string of the molecule is c1ccc(-c2ccc(-c3ccccc3)c(N(c3ccc(-c4cc5ccccc5cc4-c4ccccc4)cc3)c3ccc4c(c3)sc3ccccc34)c2)cc1. The van der Waals surface area contributed by atoms with Crippen LogP contribution in [-0.2, 0) is 0 Å². The summed E-state index contributed by atoms with van der Waals surface area (Å²) in [5, 5.41) is 5.08. The normalized spacial score (nSPS) is 11.3. The average molecular weight is 706 g/mol. The molecule has 0 N–H and O–H groups in total. The van der Waals surface area contributed by atoms with Gasteiger partial charge in [0.05, 0.1) is 5.69 Å². The van der Waals surface area contributed by atoms with Crippen molar-refractivity contribution in [3.8, 4) is 44.5 Å². The zero-order valence-corrected chi connectivity index (χ0v) is 30.4. The van der Waals surface area contributed by atoms with Crippen LogP contribution in [0.25, 0.3) is 75.5 Å². The summed E-state index contributed by atoms with van der Waals surface area (Å²) in [7, 11) is 0. The van der Waals surface area contributed by atoms with Gasteiger partial charge in [-0.15, -0.1) is 11.3 Å². The van der Waals surface area contributed by atoms with E-state index in [2.05, 4.69) is 217 Å². The maximum Gasteiger partial charge on any atom is 0.0546 e. The van der Waals surface area contributed by atoms with Crippen molar-refractivity contribution in [3.63, 3.8) is 0 Å². The molecule has 1 aromatic heterocycles. The van der Waals surface area contributed by atoms with E-state index in [1.165, 1.54) is 75.5 Å². The van der Waals surface area contributed by atoms with E-state index in [0.717, 1.165) is 17.1 Å². The fraction of sp³-hybridized carbons (Fsp3) is 0. The molecule has 0 fully saturated rings. The molecule has 0 aliphatic heterocycles. The highest BCUT2D eigenvalue weighted by Gasteiger charge is 2.20. The van der Waals surface area contributed by atoms with Crippen molar-refractivity contribution < 1.29 is 0 Å². The third-order valence-corrected chi connectivity index (χ3v) is 11.6. The second-order valence-electron chi connectivity index (χ2n) is 13.7. The van der Waals surface area contributed by atoms with Crippen molar-refractivity contribution in [3.05, 3.63) is 212 Å². The van der Waals surface area contributed by atoms with Gasteiger partial charge in [0.25, 0.3) is 0 Å². The van der Waals surface area contributed by atoms with Crippen LogP contribution in [0.2, 0.25) is 0 Å². The molecule has 0 spiro atoms. The molecule has 0 unspecified atom stereocenters. The van der Waals surface area contributed by atoms with Gasteiger partial charge in [0.1, 0.15) is 0 Å². The van der Waals surface area contributed by atoms with Gasteiger partial charge in [-0.25, -0.2) is 0 Å². The monoisotopic (exact) mass is 705 g/mol. The van der Waals surface area contributed by atoms with Crippen molar-refractivity contribution >= 4 is 59.3 Å². The third-order valence-electron chi connectivity index (χ3n) is 10.5. The Morgan fingerprint density at radius 3 is 1.46 bits per heavy atom. The molecule has 2 heteroatoms. The van der Waals surface area contributed by atoms with Gasteiger partial charge >= 0.3 is 0 Å². The first kappa shape index (κ1) is 32.0. The van der Waals surface area contributed by atoms with E-state index in [1.807, 2.05) is 11.3 Å². The lowest BCUT2D eigenvalue weighted by atomic mass is 9.91. The van der Waals surface area contributed by atoms with Gasteiger partial charge in [0, 0.05) is 37.1 Å². The number of benzene rings is 9. The van der Waals surface area contributed by atoms with Gasteiger partial charge in [-0.3, -0.25) is 0 Å². The smallest absolute Gasteiger partial charge is 0.0546 e. The maximum absolute atomic E-state index is 2.45. The van der Waals surface area contributed by atoms with E-state index in [0.29, 0.717) is 0 Å². The Bertz CT molecular complexity index is 2910. The standard InChI is InChI=1S/C52H35NS/c1-4-14-36(15-5-1)42-26-30-45(37-16-6-2-7-17-37)50(34-42)53(44-29-31-47-46-22-12-13-23-51(46)54-52(47)35-44)43-27-24-39(25-28-43)49-33-41-21-11-10-20-40(41)32-48(49)38-18-8-3-9-19-38/h1-35H. The first-order chi connectivity index (χ1) is 26.8. The Balaban J connectivity index is 1.18. The Kier molecular flexibility index (Phi) is 8.09. The summed E-state index contributed by atoms with van der Waals surface area (Å²) in [5.41, 5.74) is 12.9. The summed E-state index contributed by atoms with van der Waals surface area (Å²) in [5.74, 6) is 0. The van der Waals surface area contributed by atoms with E-state index in [4.69, 9.17) is 0 Å². The first-order valence-electron chi connectivity index (χ1n) is 18.4. The van der Waals surface area contributed by atoms with Gasteiger partial charge in [-0.05, 0) is 98.2 Å². The molecule has 0 aliphatic carbocycles. The van der Waals surface area contributed by atoms with Crippen LogP contribution in [0, 0.1) is 0 Å². The number of hydrogen-bond donors (Lipinski definition) is 0. The minimum absolute atomic E-state index is 1.10. The number of nitrogens with zero attached hydrogens (tertiary/aromatic N) is 1. The van der Waals surface area contributed by atoms with Crippen molar-refractivity contribution in [2.45, 2.75) is 0 Å². The number of hydrogen-bond acceptors (Lipinski definition) is 2. The van der Waals surface area contributed by atoms with Crippen LogP contribution in [0.3, 0.4) is 0 Å². The lowest BCUT2D eigenvalue weighted by Gasteiger charge is -2.29. The molecule has 10 rings (SSSR count). The van der Waals surface area contributed by atoms with Crippen LogP contribution in [0.1, 0.15) is 0 Å². The zero-order valence-electron chi connectivity index (χ0n) is 29.6. The Hall–Kier alpha value is -6.74. The van der Waals surface area contributed by atoms with E-state index < -0.39 is 0 Å². The molecule has 0 aliphatic rings. The third kappa shape index (κ3) is 5.84. The summed E-state index contributed by atoms with van der Waals surface area (Å²) in [6.07, 6.45) is 0. The van der Waals surface area contributed by atoms with Crippen molar-refractivity contribution in [1.82, 2.24) is 0 Å². The van der Waals surface area contributed by atoms with Crippen LogP contribution in [0.5, 0.6) is 0 Å². The first-order valence-corrected chi connectivity index (χ1v) is 19.2. The molecule has 1 heterocycles. The predicted octanol–water partition coefficient (Wildman–Crippen LogP) is 15.3.